The molecule has 0 N–H and O–H groups in total. The molecule has 0 aliphatic rings. The van der Waals surface area contributed by atoms with Gasteiger partial charge in [-0.25, -0.2) is 0 Å². The van der Waals surface area contributed by atoms with Gasteiger partial charge < -0.3 is 9.13 Å². The van der Waals surface area contributed by atoms with Gasteiger partial charge in [0.25, 0.3) is 0 Å². The highest BCUT2D eigenvalue weighted by Gasteiger charge is 1.87. The maximum atomic E-state index is 2.12. The molecule has 56 valence electrons. The van der Waals surface area contributed by atoms with Crippen LogP contribution in [0.15, 0.2) is 49.1 Å². The minimum absolute atomic E-state index is 0.903. The van der Waals surface area contributed by atoms with E-state index < -0.39 is 0 Å². The lowest BCUT2D eigenvalue weighted by Crippen LogP contribution is -2.02. The van der Waals surface area contributed by atoms with Crippen molar-refractivity contribution in [3.63, 3.8) is 0 Å². The topological polar surface area (TPSA) is 9.86 Å². The number of hydrogen-bond acceptors (Lipinski definition) is 0. The van der Waals surface area contributed by atoms with E-state index in [1.807, 2.05) is 24.3 Å². The molecule has 0 bridgehead atoms. The Bertz CT molecular complexity index is 260. The Morgan fingerprint density at radius 3 is 1.36 bits per heavy atom. The average molecular weight is 146 g/mol. The summed E-state index contributed by atoms with van der Waals surface area (Å²) in [7, 11) is 0. The van der Waals surface area contributed by atoms with Gasteiger partial charge >= 0.3 is 0 Å². The summed E-state index contributed by atoms with van der Waals surface area (Å²) in [6.45, 7) is 0.903. The number of hydrogen-bond donors (Lipinski definition) is 0. The summed E-state index contributed by atoms with van der Waals surface area (Å²) in [5.74, 6) is 0. The van der Waals surface area contributed by atoms with Crippen molar-refractivity contribution in [2.24, 2.45) is 0 Å². The highest BCUT2D eigenvalue weighted by atomic mass is 15.1. The van der Waals surface area contributed by atoms with E-state index in [9.17, 15) is 0 Å². The van der Waals surface area contributed by atoms with Crippen molar-refractivity contribution in [1.29, 1.82) is 0 Å². The molecular formula is C9H10N2. The van der Waals surface area contributed by atoms with Crippen molar-refractivity contribution in [3.05, 3.63) is 49.1 Å². The highest BCUT2D eigenvalue weighted by Crippen LogP contribution is 1.94. The molecule has 2 heteroatoms. The van der Waals surface area contributed by atoms with Crippen LogP contribution in [0.1, 0.15) is 0 Å². The van der Waals surface area contributed by atoms with E-state index in [0.29, 0.717) is 0 Å². The largest absolute Gasteiger partial charge is 0.336 e. The summed E-state index contributed by atoms with van der Waals surface area (Å²) >= 11 is 0. The van der Waals surface area contributed by atoms with Crippen molar-refractivity contribution in [3.8, 4) is 0 Å². The van der Waals surface area contributed by atoms with Crippen molar-refractivity contribution >= 4 is 0 Å². The van der Waals surface area contributed by atoms with Crippen LogP contribution < -0.4 is 0 Å². The molecule has 0 radical (unpaired) electrons. The van der Waals surface area contributed by atoms with Gasteiger partial charge in [0.05, 0.1) is 6.67 Å². The van der Waals surface area contributed by atoms with E-state index in [4.69, 9.17) is 0 Å². The van der Waals surface area contributed by atoms with Gasteiger partial charge in [0, 0.05) is 24.8 Å². The van der Waals surface area contributed by atoms with Crippen LogP contribution in [-0.2, 0) is 6.67 Å². The Morgan fingerprint density at radius 2 is 1.00 bits per heavy atom. The molecule has 0 unspecified atom stereocenters. The van der Waals surface area contributed by atoms with E-state index in [1.165, 1.54) is 0 Å². The molecule has 0 spiro atoms. The van der Waals surface area contributed by atoms with E-state index in [-0.39, 0.29) is 0 Å². The number of rotatable bonds is 2. The second-order valence-electron chi connectivity index (χ2n) is 2.54. The minimum Gasteiger partial charge on any atom is -0.336 e. The van der Waals surface area contributed by atoms with Gasteiger partial charge in [-0.15, -0.1) is 0 Å². The van der Waals surface area contributed by atoms with Crippen LogP contribution in [0.2, 0.25) is 0 Å². The third-order valence-electron chi connectivity index (χ3n) is 1.66. The molecule has 11 heavy (non-hydrogen) atoms. The SMILES string of the molecule is c1ccn(Cn2cccc2)c1. The van der Waals surface area contributed by atoms with Crippen LogP contribution in [-0.4, -0.2) is 9.13 Å². The Hall–Kier alpha value is -1.44. The summed E-state index contributed by atoms with van der Waals surface area (Å²) in [4.78, 5) is 0. The smallest absolute Gasteiger partial charge is 0.0976 e. The van der Waals surface area contributed by atoms with Gasteiger partial charge in [0.1, 0.15) is 0 Å². The van der Waals surface area contributed by atoms with Crippen LogP contribution in [0.4, 0.5) is 0 Å². The zero-order chi connectivity index (χ0) is 7.52. The van der Waals surface area contributed by atoms with Crippen LogP contribution in [0, 0.1) is 0 Å². The molecule has 0 amide bonds. The first-order valence-electron chi connectivity index (χ1n) is 3.67. The summed E-state index contributed by atoms with van der Waals surface area (Å²) in [6.07, 6.45) is 8.22. The fourth-order valence-corrected chi connectivity index (χ4v) is 1.12. The van der Waals surface area contributed by atoms with E-state index in [2.05, 4.69) is 33.9 Å². The summed E-state index contributed by atoms with van der Waals surface area (Å²) in [5.41, 5.74) is 0. The second kappa shape index (κ2) is 2.66. The van der Waals surface area contributed by atoms with Gasteiger partial charge in [0.15, 0.2) is 0 Å². The maximum Gasteiger partial charge on any atom is 0.0976 e. The molecule has 2 nitrogen and oxygen atoms in total. The minimum atomic E-state index is 0.903. The van der Waals surface area contributed by atoms with Gasteiger partial charge in [-0.1, -0.05) is 0 Å². The Balaban J connectivity index is 2.14. The lowest BCUT2D eigenvalue weighted by atomic mass is 10.7. The predicted molar refractivity (Wildman–Crippen MR) is 44.3 cm³/mol. The van der Waals surface area contributed by atoms with Crippen molar-refractivity contribution in [1.82, 2.24) is 9.13 Å². The summed E-state index contributed by atoms with van der Waals surface area (Å²) in [5, 5.41) is 0. The Kier molecular flexibility index (Phi) is 1.52. The van der Waals surface area contributed by atoms with E-state index in [1.54, 1.807) is 0 Å². The molecule has 0 saturated carbocycles. The molecule has 2 aromatic rings. The zero-order valence-corrected chi connectivity index (χ0v) is 6.22. The van der Waals surface area contributed by atoms with E-state index in [0.717, 1.165) is 6.67 Å². The van der Waals surface area contributed by atoms with Crippen LogP contribution in [0.5, 0.6) is 0 Å². The van der Waals surface area contributed by atoms with Crippen molar-refractivity contribution in [2.75, 3.05) is 0 Å². The van der Waals surface area contributed by atoms with E-state index >= 15 is 0 Å². The molecule has 0 aliphatic heterocycles. The molecule has 0 atom stereocenters. The number of aromatic nitrogens is 2. The van der Waals surface area contributed by atoms with Crippen molar-refractivity contribution in [2.45, 2.75) is 6.67 Å². The van der Waals surface area contributed by atoms with Gasteiger partial charge in [-0.2, -0.15) is 0 Å². The van der Waals surface area contributed by atoms with Gasteiger partial charge in [-0.3, -0.25) is 0 Å². The first kappa shape index (κ1) is 6.28. The molecule has 2 heterocycles. The third-order valence-corrected chi connectivity index (χ3v) is 1.66. The summed E-state index contributed by atoms with van der Waals surface area (Å²) < 4.78 is 4.25. The summed E-state index contributed by atoms with van der Waals surface area (Å²) in [6, 6.07) is 8.12. The lowest BCUT2D eigenvalue weighted by molar-refractivity contribution is 0.614. The van der Waals surface area contributed by atoms with Crippen molar-refractivity contribution < 1.29 is 0 Å². The molecule has 0 saturated heterocycles. The quantitative estimate of drug-likeness (QED) is 0.611. The van der Waals surface area contributed by atoms with Crippen LogP contribution in [0.25, 0.3) is 0 Å². The molecule has 2 aromatic heterocycles. The average Bonchev–Trinajstić information content (AvgIpc) is 2.60. The fourth-order valence-electron chi connectivity index (χ4n) is 1.12. The Labute approximate surface area is 65.7 Å². The third kappa shape index (κ3) is 1.34. The molecule has 0 aliphatic carbocycles. The normalized spacial score (nSPS) is 10.2. The monoisotopic (exact) mass is 146 g/mol. The number of nitrogens with zero attached hydrogens (tertiary/aromatic N) is 2. The first-order chi connectivity index (χ1) is 5.45. The fraction of sp³-hybridized carbons (Fsp3) is 0.111. The molecular weight excluding hydrogens is 136 g/mol. The standard InChI is InChI=1S/C9H10N2/c1-2-6-10(5-1)9-11-7-3-4-8-11/h1-8H,9H2. The van der Waals surface area contributed by atoms with Gasteiger partial charge in [-0.05, 0) is 24.3 Å². The molecule has 2 rings (SSSR count). The van der Waals surface area contributed by atoms with Gasteiger partial charge in [0.2, 0.25) is 0 Å². The zero-order valence-electron chi connectivity index (χ0n) is 6.22. The van der Waals surface area contributed by atoms with Crippen LogP contribution >= 0.6 is 0 Å². The lowest BCUT2D eigenvalue weighted by Gasteiger charge is -2.02. The molecule has 0 fully saturated rings. The predicted octanol–water partition coefficient (Wildman–Crippen LogP) is 1.80. The maximum absolute atomic E-state index is 2.12. The van der Waals surface area contributed by atoms with Crippen LogP contribution in [0.3, 0.4) is 0 Å². The second-order valence-corrected chi connectivity index (χ2v) is 2.54. The molecule has 0 aromatic carbocycles. The highest BCUT2D eigenvalue weighted by molar-refractivity contribution is 4.93. The Morgan fingerprint density at radius 1 is 0.636 bits per heavy atom. The first-order valence-corrected chi connectivity index (χ1v) is 3.67.